The number of ether oxygens (including phenoxy) is 3. The number of nitrogens with zero attached hydrogens (tertiary/aromatic N) is 1. The number of aromatic amines is 1. The van der Waals surface area contributed by atoms with Crippen LogP contribution in [0.2, 0.25) is 0 Å². The lowest BCUT2D eigenvalue weighted by atomic mass is 10.0. The van der Waals surface area contributed by atoms with Crippen LogP contribution in [0.25, 0.3) is 10.9 Å². The van der Waals surface area contributed by atoms with Crippen molar-refractivity contribution in [3.63, 3.8) is 0 Å². The average Bonchev–Trinajstić information content (AvgIpc) is 3.19. The van der Waals surface area contributed by atoms with Crippen LogP contribution in [0.4, 0.5) is 0 Å². The first kappa shape index (κ1) is 16.8. The van der Waals surface area contributed by atoms with Crippen LogP contribution in [0, 0.1) is 0 Å². The van der Waals surface area contributed by atoms with E-state index < -0.39 is 6.10 Å². The van der Waals surface area contributed by atoms with Gasteiger partial charge in [-0.3, -0.25) is 4.90 Å². The number of hydrogen-bond donors (Lipinski definition) is 2. The van der Waals surface area contributed by atoms with E-state index in [9.17, 15) is 5.11 Å². The van der Waals surface area contributed by atoms with Crippen molar-refractivity contribution < 1.29 is 19.3 Å². The first-order valence-corrected chi connectivity index (χ1v) is 8.88. The van der Waals surface area contributed by atoms with Crippen LogP contribution in [0.1, 0.15) is 13.8 Å². The Morgan fingerprint density at radius 1 is 1.36 bits per heavy atom. The third-order valence-electron chi connectivity index (χ3n) is 4.94. The summed E-state index contributed by atoms with van der Waals surface area (Å²) >= 11 is 0. The van der Waals surface area contributed by atoms with E-state index >= 15 is 0 Å². The van der Waals surface area contributed by atoms with E-state index in [0.717, 1.165) is 23.2 Å². The summed E-state index contributed by atoms with van der Waals surface area (Å²) < 4.78 is 17.5. The molecule has 0 saturated carbocycles. The van der Waals surface area contributed by atoms with Crippen LogP contribution in [0.15, 0.2) is 30.5 Å². The van der Waals surface area contributed by atoms with Gasteiger partial charge in [0.1, 0.15) is 18.5 Å². The fourth-order valence-electron chi connectivity index (χ4n) is 3.86. The summed E-state index contributed by atoms with van der Waals surface area (Å²) in [6.07, 6.45) is 1.44. The summed E-state index contributed by atoms with van der Waals surface area (Å²) in [6.45, 7) is 7.07. The predicted molar refractivity (Wildman–Crippen MR) is 94.9 cm³/mol. The molecule has 3 heterocycles. The molecule has 0 amide bonds. The molecule has 1 aromatic carbocycles. The fourth-order valence-corrected chi connectivity index (χ4v) is 3.86. The van der Waals surface area contributed by atoms with Crippen molar-refractivity contribution in [1.29, 1.82) is 0 Å². The van der Waals surface area contributed by atoms with E-state index in [0.29, 0.717) is 19.8 Å². The number of β-amino-alcohol motifs (C(OH)–C–C–N with tert-alkyl or cyclic N) is 1. The molecule has 4 rings (SSSR count). The number of aromatic nitrogens is 1. The topological polar surface area (TPSA) is 67.0 Å². The molecule has 2 aliphatic heterocycles. The first-order valence-electron chi connectivity index (χ1n) is 8.88. The van der Waals surface area contributed by atoms with Crippen molar-refractivity contribution >= 4 is 10.9 Å². The minimum Gasteiger partial charge on any atom is -0.491 e. The highest BCUT2D eigenvalue weighted by Gasteiger charge is 2.44. The predicted octanol–water partition coefficient (Wildman–Crippen LogP) is 1.79. The highest BCUT2D eigenvalue weighted by Crippen LogP contribution is 2.29. The number of nitrogens with one attached hydrogen (secondary N) is 1. The lowest BCUT2D eigenvalue weighted by molar-refractivity contribution is -0.154. The zero-order valence-corrected chi connectivity index (χ0v) is 14.8. The van der Waals surface area contributed by atoms with Crippen molar-refractivity contribution in [1.82, 2.24) is 9.88 Å². The minimum absolute atomic E-state index is 0.0900. The number of aliphatic hydroxyl groups is 1. The minimum atomic E-state index is -0.561. The Morgan fingerprint density at radius 3 is 3.12 bits per heavy atom. The van der Waals surface area contributed by atoms with Crippen LogP contribution >= 0.6 is 0 Å². The monoisotopic (exact) mass is 346 g/mol. The number of aliphatic hydroxyl groups excluding tert-OH is 1. The number of rotatable bonds is 5. The van der Waals surface area contributed by atoms with Crippen molar-refractivity contribution in [3.05, 3.63) is 30.5 Å². The number of benzene rings is 1. The summed E-state index contributed by atoms with van der Waals surface area (Å²) in [6, 6.07) is 8.15. The Balaban J connectivity index is 1.35. The maximum absolute atomic E-state index is 10.5. The molecule has 0 radical (unpaired) electrons. The third-order valence-corrected chi connectivity index (χ3v) is 4.94. The summed E-state index contributed by atoms with van der Waals surface area (Å²) in [7, 11) is 0. The maximum atomic E-state index is 10.5. The zero-order chi connectivity index (χ0) is 17.4. The molecule has 2 fully saturated rings. The SMILES string of the molecule is CC1(C)CN(CC(O)COc2ccc3cc[nH]c3c2)[C@@H]2COC[C@H]2O1. The van der Waals surface area contributed by atoms with Gasteiger partial charge in [-0.2, -0.15) is 0 Å². The summed E-state index contributed by atoms with van der Waals surface area (Å²) in [5.41, 5.74) is 0.807. The molecule has 2 saturated heterocycles. The van der Waals surface area contributed by atoms with Gasteiger partial charge in [-0.05, 0) is 37.4 Å². The van der Waals surface area contributed by atoms with Gasteiger partial charge in [0, 0.05) is 30.9 Å². The molecule has 0 aliphatic carbocycles. The van der Waals surface area contributed by atoms with Crippen LogP contribution in [0.3, 0.4) is 0 Å². The molecule has 2 N–H and O–H groups in total. The zero-order valence-electron chi connectivity index (χ0n) is 14.8. The van der Waals surface area contributed by atoms with Gasteiger partial charge in [-0.1, -0.05) is 0 Å². The number of H-pyrrole nitrogens is 1. The van der Waals surface area contributed by atoms with Gasteiger partial charge >= 0.3 is 0 Å². The fraction of sp³-hybridized carbons (Fsp3) is 0.579. The average molecular weight is 346 g/mol. The summed E-state index contributed by atoms with van der Waals surface area (Å²) in [5, 5.41) is 11.6. The number of hydrogen-bond acceptors (Lipinski definition) is 5. The summed E-state index contributed by atoms with van der Waals surface area (Å²) in [4.78, 5) is 5.45. The van der Waals surface area contributed by atoms with Crippen LogP contribution in [-0.4, -0.2) is 71.8 Å². The lowest BCUT2D eigenvalue weighted by Crippen LogP contribution is -2.60. The Labute approximate surface area is 147 Å². The first-order chi connectivity index (χ1) is 12.0. The highest BCUT2D eigenvalue weighted by molar-refractivity contribution is 5.80. The molecule has 1 unspecified atom stereocenters. The van der Waals surface area contributed by atoms with E-state index in [1.165, 1.54) is 0 Å². The van der Waals surface area contributed by atoms with Crippen molar-refractivity contribution in [2.45, 2.75) is 37.7 Å². The smallest absolute Gasteiger partial charge is 0.121 e. The largest absolute Gasteiger partial charge is 0.491 e. The van der Waals surface area contributed by atoms with E-state index in [2.05, 4.69) is 23.7 Å². The molecule has 3 atom stereocenters. The Kier molecular flexibility index (Phi) is 4.45. The van der Waals surface area contributed by atoms with Gasteiger partial charge in [-0.15, -0.1) is 0 Å². The second kappa shape index (κ2) is 6.61. The molecule has 6 nitrogen and oxygen atoms in total. The molecule has 1 aromatic heterocycles. The second-order valence-electron chi connectivity index (χ2n) is 7.64. The van der Waals surface area contributed by atoms with Gasteiger partial charge < -0.3 is 24.3 Å². The quantitative estimate of drug-likeness (QED) is 0.864. The Hall–Kier alpha value is -1.60. The molecule has 136 valence electrons. The van der Waals surface area contributed by atoms with E-state index in [-0.39, 0.29) is 24.4 Å². The van der Waals surface area contributed by atoms with Gasteiger partial charge in [0.15, 0.2) is 0 Å². The van der Waals surface area contributed by atoms with Crippen LogP contribution in [-0.2, 0) is 9.47 Å². The number of fused-ring (bicyclic) bond motifs is 2. The molecular weight excluding hydrogens is 320 g/mol. The summed E-state index contributed by atoms with van der Waals surface area (Å²) in [5.74, 6) is 0.762. The van der Waals surface area contributed by atoms with Crippen molar-refractivity contribution in [2.24, 2.45) is 0 Å². The van der Waals surface area contributed by atoms with Crippen molar-refractivity contribution in [2.75, 3.05) is 32.9 Å². The molecular formula is C19H26N2O4. The van der Waals surface area contributed by atoms with E-state index in [1.807, 2.05) is 30.5 Å². The maximum Gasteiger partial charge on any atom is 0.121 e. The normalized spacial score (nSPS) is 27.3. The molecule has 6 heteroatoms. The van der Waals surface area contributed by atoms with Gasteiger partial charge in [-0.25, -0.2) is 0 Å². The van der Waals surface area contributed by atoms with E-state index in [1.54, 1.807) is 0 Å². The van der Waals surface area contributed by atoms with Crippen molar-refractivity contribution in [3.8, 4) is 5.75 Å². The Morgan fingerprint density at radius 2 is 2.24 bits per heavy atom. The van der Waals surface area contributed by atoms with Gasteiger partial charge in [0.05, 0.1) is 31.0 Å². The van der Waals surface area contributed by atoms with E-state index in [4.69, 9.17) is 14.2 Å². The molecule has 2 aliphatic rings. The van der Waals surface area contributed by atoms with Crippen LogP contribution in [0.5, 0.6) is 5.75 Å². The lowest BCUT2D eigenvalue weighted by Gasteiger charge is -2.45. The third kappa shape index (κ3) is 3.67. The van der Waals surface area contributed by atoms with Crippen LogP contribution < -0.4 is 4.74 Å². The molecule has 0 spiro atoms. The standard InChI is InChI=1S/C19H26N2O4/c1-19(2)12-21(17-10-23-11-18(17)25-19)8-14(22)9-24-15-4-3-13-5-6-20-16(13)7-15/h3-7,14,17-18,20,22H,8-12H2,1-2H3/t14?,17-,18-/m1/s1. The second-order valence-corrected chi connectivity index (χ2v) is 7.64. The molecule has 2 aromatic rings. The van der Waals surface area contributed by atoms with Gasteiger partial charge in [0.2, 0.25) is 0 Å². The Bertz CT molecular complexity index is 729. The molecule has 25 heavy (non-hydrogen) atoms. The van der Waals surface area contributed by atoms with Gasteiger partial charge in [0.25, 0.3) is 0 Å². The number of morpholine rings is 1. The highest BCUT2D eigenvalue weighted by atomic mass is 16.6. The molecule has 0 bridgehead atoms.